The molecule has 0 spiro atoms. The van der Waals surface area contributed by atoms with Crippen molar-refractivity contribution in [2.45, 2.75) is 25.7 Å². The number of carbonyl (C=O) groups is 2. The molecule has 1 saturated heterocycles. The lowest BCUT2D eigenvalue weighted by atomic mass is 10.2. The minimum Gasteiger partial charge on any atom is -0.448 e. The van der Waals surface area contributed by atoms with E-state index >= 15 is 0 Å². The highest BCUT2D eigenvalue weighted by Crippen LogP contribution is 2.07. The Labute approximate surface area is 88.7 Å². The first-order chi connectivity index (χ1) is 7.24. The molecule has 0 atom stereocenters. The van der Waals surface area contributed by atoms with Gasteiger partial charge in [0.1, 0.15) is 6.61 Å². The van der Waals surface area contributed by atoms with E-state index in [-0.39, 0.29) is 12.0 Å². The van der Waals surface area contributed by atoms with E-state index in [4.69, 9.17) is 10.6 Å². The van der Waals surface area contributed by atoms with Gasteiger partial charge in [-0.15, -0.1) is 0 Å². The number of amides is 2. The third kappa shape index (κ3) is 4.16. The highest BCUT2D eigenvalue weighted by molar-refractivity contribution is 5.75. The zero-order valence-corrected chi connectivity index (χ0v) is 8.70. The predicted octanol–water partition coefficient (Wildman–Crippen LogP) is -0.0111. The van der Waals surface area contributed by atoms with Crippen molar-refractivity contribution in [2.75, 3.05) is 19.7 Å². The molecule has 1 heterocycles. The van der Waals surface area contributed by atoms with Crippen LogP contribution < -0.4 is 11.3 Å². The van der Waals surface area contributed by atoms with Gasteiger partial charge in [0, 0.05) is 13.0 Å². The summed E-state index contributed by atoms with van der Waals surface area (Å²) in [6.07, 6.45) is 2.83. The van der Waals surface area contributed by atoms with Crippen LogP contribution in [0.2, 0.25) is 0 Å². The van der Waals surface area contributed by atoms with Gasteiger partial charge in [0.2, 0.25) is 5.91 Å². The van der Waals surface area contributed by atoms with Crippen LogP contribution in [0.15, 0.2) is 0 Å². The van der Waals surface area contributed by atoms with Crippen molar-refractivity contribution in [2.24, 2.45) is 5.84 Å². The first-order valence-electron chi connectivity index (χ1n) is 5.15. The predicted molar refractivity (Wildman–Crippen MR) is 53.7 cm³/mol. The van der Waals surface area contributed by atoms with Crippen molar-refractivity contribution < 1.29 is 14.3 Å². The van der Waals surface area contributed by atoms with E-state index in [0.29, 0.717) is 26.1 Å². The van der Waals surface area contributed by atoms with E-state index in [1.807, 2.05) is 0 Å². The third-order valence-corrected chi connectivity index (χ3v) is 2.34. The lowest BCUT2D eigenvalue weighted by Crippen LogP contribution is -2.29. The maximum atomic E-state index is 11.0. The molecule has 1 rings (SSSR count). The SMILES string of the molecule is NNC(=O)CCCCCN1CCOC1=O. The molecule has 0 aromatic heterocycles. The van der Waals surface area contributed by atoms with Crippen molar-refractivity contribution >= 4 is 12.0 Å². The van der Waals surface area contributed by atoms with Gasteiger partial charge in [-0.05, 0) is 12.8 Å². The van der Waals surface area contributed by atoms with Crippen molar-refractivity contribution in [3.63, 3.8) is 0 Å². The number of unbranched alkanes of at least 4 members (excludes halogenated alkanes) is 2. The molecule has 1 aliphatic heterocycles. The summed E-state index contributed by atoms with van der Waals surface area (Å²) in [7, 11) is 0. The number of rotatable bonds is 6. The van der Waals surface area contributed by atoms with Crippen molar-refractivity contribution in [1.29, 1.82) is 0 Å². The van der Waals surface area contributed by atoms with Gasteiger partial charge >= 0.3 is 6.09 Å². The van der Waals surface area contributed by atoms with Crippen LogP contribution in [0.25, 0.3) is 0 Å². The number of hydrogen-bond donors (Lipinski definition) is 2. The molecular weight excluding hydrogens is 198 g/mol. The second-order valence-electron chi connectivity index (χ2n) is 3.48. The van der Waals surface area contributed by atoms with Gasteiger partial charge in [0.05, 0.1) is 6.54 Å². The molecule has 0 aromatic carbocycles. The summed E-state index contributed by atoms with van der Waals surface area (Å²) in [6.45, 7) is 1.89. The van der Waals surface area contributed by atoms with Crippen molar-refractivity contribution in [1.82, 2.24) is 10.3 Å². The molecule has 6 heteroatoms. The van der Waals surface area contributed by atoms with Crippen molar-refractivity contribution in [3.05, 3.63) is 0 Å². The standard InChI is InChI=1S/C9H17N3O3/c10-11-8(13)4-2-1-3-5-12-6-7-15-9(12)14/h1-7,10H2,(H,11,13). The number of carbonyl (C=O) groups excluding carboxylic acids is 2. The zero-order valence-electron chi connectivity index (χ0n) is 8.70. The summed E-state index contributed by atoms with van der Waals surface area (Å²) in [5.74, 6) is 4.79. The normalized spacial score (nSPS) is 15.3. The second kappa shape index (κ2) is 6.23. The van der Waals surface area contributed by atoms with Gasteiger partial charge in [0.15, 0.2) is 0 Å². The molecule has 0 saturated carbocycles. The van der Waals surface area contributed by atoms with Gasteiger partial charge in [-0.2, -0.15) is 0 Å². The fourth-order valence-electron chi connectivity index (χ4n) is 1.47. The summed E-state index contributed by atoms with van der Waals surface area (Å²) in [6, 6.07) is 0. The molecule has 1 fully saturated rings. The molecule has 2 amide bonds. The highest BCUT2D eigenvalue weighted by Gasteiger charge is 2.20. The van der Waals surface area contributed by atoms with Crippen LogP contribution in [0, 0.1) is 0 Å². The molecule has 6 nitrogen and oxygen atoms in total. The maximum Gasteiger partial charge on any atom is 0.409 e. The lowest BCUT2D eigenvalue weighted by molar-refractivity contribution is -0.121. The fourth-order valence-corrected chi connectivity index (χ4v) is 1.47. The number of hydrogen-bond acceptors (Lipinski definition) is 4. The number of hydrazine groups is 1. The number of nitrogens with zero attached hydrogens (tertiary/aromatic N) is 1. The van der Waals surface area contributed by atoms with Gasteiger partial charge in [0.25, 0.3) is 0 Å². The van der Waals surface area contributed by atoms with Gasteiger partial charge in [-0.25, -0.2) is 10.6 Å². The molecule has 0 radical (unpaired) electrons. The Morgan fingerprint density at radius 3 is 2.87 bits per heavy atom. The fraction of sp³-hybridized carbons (Fsp3) is 0.778. The van der Waals surface area contributed by atoms with Crippen LogP contribution in [0.1, 0.15) is 25.7 Å². The van der Waals surface area contributed by atoms with E-state index in [0.717, 1.165) is 19.3 Å². The Kier molecular flexibility index (Phi) is 4.89. The van der Waals surface area contributed by atoms with Crippen LogP contribution in [0.3, 0.4) is 0 Å². The molecular formula is C9H17N3O3. The third-order valence-electron chi connectivity index (χ3n) is 2.34. The van der Waals surface area contributed by atoms with E-state index in [1.165, 1.54) is 0 Å². The summed E-state index contributed by atoms with van der Waals surface area (Å²) < 4.78 is 4.78. The van der Waals surface area contributed by atoms with E-state index in [9.17, 15) is 9.59 Å². The monoisotopic (exact) mass is 215 g/mol. The summed E-state index contributed by atoms with van der Waals surface area (Å²) in [4.78, 5) is 23.5. The van der Waals surface area contributed by atoms with E-state index < -0.39 is 0 Å². The smallest absolute Gasteiger partial charge is 0.409 e. The average molecular weight is 215 g/mol. The number of nitrogens with two attached hydrogens (primary N) is 1. The molecule has 1 aliphatic rings. The van der Waals surface area contributed by atoms with Gasteiger partial charge < -0.3 is 9.64 Å². The molecule has 0 unspecified atom stereocenters. The van der Waals surface area contributed by atoms with Gasteiger partial charge in [-0.3, -0.25) is 10.2 Å². The second-order valence-corrected chi connectivity index (χ2v) is 3.48. The van der Waals surface area contributed by atoms with Crippen LogP contribution in [0.5, 0.6) is 0 Å². The van der Waals surface area contributed by atoms with Crippen LogP contribution >= 0.6 is 0 Å². The summed E-state index contributed by atoms with van der Waals surface area (Å²) in [5, 5.41) is 0. The Balaban J connectivity index is 1.97. The number of ether oxygens (including phenoxy) is 1. The van der Waals surface area contributed by atoms with E-state index in [2.05, 4.69) is 5.43 Å². The maximum absolute atomic E-state index is 11.0. The molecule has 0 aliphatic carbocycles. The van der Waals surface area contributed by atoms with Gasteiger partial charge in [-0.1, -0.05) is 6.42 Å². The van der Waals surface area contributed by atoms with Crippen LogP contribution in [0.4, 0.5) is 4.79 Å². The number of nitrogens with one attached hydrogen (secondary N) is 1. The van der Waals surface area contributed by atoms with E-state index in [1.54, 1.807) is 4.90 Å². The topological polar surface area (TPSA) is 84.7 Å². The minimum absolute atomic E-state index is 0.143. The largest absolute Gasteiger partial charge is 0.448 e. The van der Waals surface area contributed by atoms with Crippen LogP contribution in [-0.2, 0) is 9.53 Å². The summed E-state index contributed by atoms with van der Waals surface area (Å²) >= 11 is 0. The Bertz CT molecular complexity index is 233. The molecule has 3 N–H and O–H groups in total. The zero-order chi connectivity index (χ0) is 11.1. The average Bonchev–Trinajstić information content (AvgIpc) is 2.63. The Morgan fingerprint density at radius 2 is 2.27 bits per heavy atom. The molecule has 15 heavy (non-hydrogen) atoms. The first kappa shape index (κ1) is 11.8. The van der Waals surface area contributed by atoms with Crippen LogP contribution in [-0.4, -0.2) is 36.6 Å². The Morgan fingerprint density at radius 1 is 1.47 bits per heavy atom. The number of cyclic esters (lactones) is 1. The lowest BCUT2D eigenvalue weighted by Gasteiger charge is -2.11. The highest BCUT2D eigenvalue weighted by atomic mass is 16.6. The minimum atomic E-state index is -0.227. The Hall–Kier alpha value is -1.30. The summed E-state index contributed by atoms with van der Waals surface area (Å²) in [5.41, 5.74) is 2.08. The first-order valence-corrected chi connectivity index (χ1v) is 5.15. The molecule has 0 aromatic rings. The molecule has 0 bridgehead atoms. The quantitative estimate of drug-likeness (QED) is 0.282. The van der Waals surface area contributed by atoms with Crippen molar-refractivity contribution in [3.8, 4) is 0 Å². The molecule has 86 valence electrons.